The van der Waals surface area contributed by atoms with E-state index < -0.39 is 0 Å². The number of fused-ring (bicyclic) bond motifs is 1. The predicted molar refractivity (Wildman–Crippen MR) is 97.1 cm³/mol. The van der Waals surface area contributed by atoms with Crippen molar-refractivity contribution in [3.8, 4) is 0 Å². The smallest absolute Gasteiger partial charge is 0.254 e. The van der Waals surface area contributed by atoms with Crippen LogP contribution in [0.2, 0.25) is 0 Å². The highest BCUT2D eigenvalue weighted by atomic mass is 16.5. The van der Waals surface area contributed by atoms with Gasteiger partial charge < -0.3 is 14.1 Å². The summed E-state index contributed by atoms with van der Waals surface area (Å²) in [4.78, 5) is 23.7. The molecule has 1 amide bonds. The maximum absolute atomic E-state index is 13.0. The zero-order chi connectivity index (χ0) is 18.3. The third-order valence-electron chi connectivity index (χ3n) is 4.53. The van der Waals surface area contributed by atoms with Crippen LogP contribution < -0.4 is 0 Å². The van der Waals surface area contributed by atoms with Gasteiger partial charge >= 0.3 is 0 Å². The van der Waals surface area contributed by atoms with E-state index in [4.69, 9.17) is 9.15 Å². The lowest BCUT2D eigenvalue weighted by Gasteiger charge is -2.32. The Hall–Kier alpha value is -2.73. The first kappa shape index (κ1) is 16.7. The Morgan fingerprint density at radius 1 is 1.12 bits per heavy atom. The monoisotopic (exact) mass is 351 g/mol. The van der Waals surface area contributed by atoms with E-state index >= 15 is 0 Å². The van der Waals surface area contributed by atoms with Crippen molar-refractivity contribution in [1.82, 2.24) is 14.9 Å². The van der Waals surface area contributed by atoms with Crippen molar-refractivity contribution in [2.45, 2.75) is 26.9 Å². The molecule has 1 saturated heterocycles. The molecule has 1 fully saturated rings. The summed E-state index contributed by atoms with van der Waals surface area (Å²) >= 11 is 0. The quantitative estimate of drug-likeness (QED) is 0.708. The average Bonchev–Trinajstić information content (AvgIpc) is 2.99. The minimum atomic E-state index is -0.300. The molecule has 26 heavy (non-hydrogen) atoms. The van der Waals surface area contributed by atoms with E-state index in [2.05, 4.69) is 9.97 Å². The number of nitrogens with zero attached hydrogens (tertiary/aromatic N) is 3. The third kappa shape index (κ3) is 3.20. The van der Waals surface area contributed by atoms with Gasteiger partial charge in [-0.2, -0.15) is 0 Å². The number of carbonyl (C=O) groups excluding carboxylic acids is 1. The molecule has 134 valence electrons. The summed E-state index contributed by atoms with van der Waals surface area (Å²) in [6, 6.07) is 9.41. The zero-order valence-corrected chi connectivity index (χ0v) is 15.2. The van der Waals surface area contributed by atoms with Crippen molar-refractivity contribution in [1.29, 1.82) is 0 Å². The molecule has 0 spiro atoms. The number of carbonyl (C=O) groups is 1. The van der Waals surface area contributed by atoms with Crippen LogP contribution >= 0.6 is 0 Å². The van der Waals surface area contributed by atoms with Crippen LogP contribution in [0.5, 0.6) is 0 Å². The second-order valence-electron chi connectivity index (χ2n) is 6.73. The van der Waals surface area contributed by atoms with Crippen LogP contribution in [0.1, 0.15) is 39.4 Å². The first-order valence-corrected chi connectivity index (χ1v) is 8.73. The number of furan rings is 1. The fraction of sp³-hybridized carbons (Fsp3) is 0.350. The van der Waals surface area contributed by atoms with E-state index in [1.165, 1.54) is 0 Å². The van der Waals surface area contributed by atoms with Gasteiger partial charge in [0.1, 0.15) is 17.4 Å². The molecule has 0 saturated carbocycles. The molecule has 6 heteroatoms. The normalized spacial score (nSPS) is 17.7. The van der Waals surface area contributed by atoms with E-state index in [0.717, 1.165) is 28.1 Å². The van der Waals surface area contributed by atoms with Gasteiger partial charge in [0.25, 0.3) is 5.91 Å². The summed E-state index contributed by atoms with van der Waals surface area (Å²) < 4.78 is 11.4. The molecule has 0 N–H and O–H groups in total. The molecule has 1 aliphatic heterocycles. The number of aryl methyl sites for hydroxylation is 3. The van der Waals surface area contributed by atoms with Gasteiger partial charge in [-0.25, -0.2) is 9.97 Å². The van der Waals surface area contributed by atoms with Crippen molar-refractivity contribution >= 4 is 16.9 Å². The van der Waals surface area contributed by atoms with Crippen LogP contribution in [0.3, 0.4) is 0 Å². The number of morpholine rings is 1. The van der Waals surface area contributed by atoms with Gasteiger partial charge in [0.05, 0.1) is 13.2 Å². The second kappa shape index (κ2) is 6.53. The average molecular weight is 351 g/mol. The number of rotatable bonds is 2. The molecule has 1 aromatic carbocycles. The Kier molecular flexibility index (Phi) is 4.20. The Bertz CT molecular complexity index is 959. The Balaban J connectivity index is 1.57. The lowest BCUT2D eigenvalue weighted by Crippen LogP contribution is -2.42. The van der Waals surface area contributed by atoms with Crippen LogP contribution in [0.25, 0.3) is 11.0 Å². The number of hydrogen-bond acceptors (Lipinski definition) is 5. The summed E-state index contributed by atoms with van der Waals surface area (Å²) in [6.45, 7) is 7.25. The Labute approximate surface area is 151 Å². The topological polar surface area (TPSA) is 68.5 Å². The van der Waals surface area contributed by atoms with E-state index in [1.54, 1.807) is 0 Å². The molecule has 4 rings (SSSR count). The van der Waals surface area contributed by atoms with E-state index in [1.807, 2.05) is 56.0 Å². The molecule has 3 aromatic rings. The molecular weight excluding hydrogens is 330 g/mol. The zero-order valence-electron chi connectivity index (χ0n) is 15.2. The van der Waals surface area contributed by atoms with Crippen molar-refractivity contribution in [2.75, 3.05) is 19.7 Å². The highest BCUT2D eigenvalue weighted by Gasteiger charge is 2.28. The van der Waals surface area contributed by atoms with Gasteiger partial charge in [0, 0.05) is 28.9 Å². The summed E-state index contributed by atoms with van der Waals surface area (Å²) in [5.41, 5.74) is 3.25. The molecule has 2 aromatic heterocycles. The number of hydrogen-bond donors (Lipinski definition) is 0. The Morgan fingerprint density at radius 2 is 1.88 bits per heavy atom. The van der Waals surface area contributed by atoms with Crippen LogP contribution in [-0.4, -0.2) is 40.5 Å². The maximum Gasteiger partial charge on any atom is 0.254 e. The molecule has 6 nitrogen and oxygen atoms in total. The number of benzene rings is 1. The van der Waals surface area contributed by atoms with Gasteiger partial charge in [-0.1, -0.05) is 0 Å². The van der Waals surface area contributed by atoms with Crippen LogP contribution in [-0.2, 0) is 4.74 Å². The molecule has 1 atom stereocenters. The third-order valence-corrected chi connectivity index (χ3v) is 4.53. The maximum atomic E-state index is 13.0. The Morgan fingerprint density at radius 3 is 2.65 bits per heavy atom. The number of ether oxygens (including phenoxy) is 1. The molecule has 0 aliphatic carbocycles. The van der Waals surface area contributed by atoms with Crippen molar-refractivity contribution in [3.63, 3.8) is 0 Å². The van der Waals surface area contributed by atoms with Gasteiger partial charge in [-0.3, -0.25) is 4.79 Å². The fourth-order valence-corrected chi connectivity index (χ4v) is 3.38. The first-order valence-electron chi connectivity index (χ1n) is 8.73. The summed E-state index contributed by atoms with van der Waals surface area (Å²) in [5, 5.41) is 0.941. The lowest BCUT2D eigenvalue weighted by atomic mass is 10.1. The standard InChI is InChI=1S/C20H21N3O3/c1-12-8-13(2)22-19(21-12)18-11-23(6-7-25-18)20(24)15-4-5-17-16(10-15)9-14(3)26-17/h4-5,8-10,18H,6-7,11H2,1-3H3. The molecule has 1 unspecified atom stereocenters. The minimum Gasteiger partial charge on any atom is -0.461 e. The minimum absolute atomic E-state index is 0.0107. The van der Waals surface area contributed by atoms with Gasteiger partial charge in [-0.15, -0.1) is 0 Å². The lowest BCUT2D eigenvalue weighted by molar-refractivity contribution is -0.0269. The highest BCUT2D eigenvalue weighted by Crippen LogP contribution is 2.24. The van der Waals surface area contributed by atoms with Crippen LogP contribution in [0, 0.1) is 20.8 Å². The molecule has 3 heterocycles. The van der Waals surface area contributed by atoms with Crippen molar-refractivity contribution < 1.29 is 13.9 Å². The summed E-state index contributed by atoms with van der Waals surface area (Å²) in [7, 11) is 0. The molecular formula is C20H21N3O3. The second-order valence-corrected chi connectivity index (χ2v) is 6.73. The fourth-order valence-electron chi connectivity index (χ4n) is 3.38. The predicted octanol–water partition coefficient (Wildman–Crippen LogP) is 3.36. The van der Waals surface area contributed by atoms with Crippen LogP contribution in [0.15, 0.2) is 34.7 Å². The molecule has 0 bridgehead atoms. The SMILES string of the molecule is Cc1cc(C)nc(C2CN(C(=O)c3ccc4oc(C)cc4c3)CCO2)n1. The summed E-state index contributed by atoms with van der Waals surface area (Å²) in [6.07, 6.45) is -0.300. The molecule has 0 radical (unpaired) electrons. The van der Waals surface area contributed by atoms with Gasteiger partial charge in [0.15, 0.2) is 5.82 Å². The van der Waals surface area contributed by atoms with Crippen molar-refractivity contribution in [3.05, 3.63) is 58.9 Å². The number of aromatic nitrogens is 2. The first-order chi connectivity index (χ1) is 12.5. The van der Waals surface area contributed by atoms with E-state index in [0.29, 0.717) is 31.1 Å². The van der Waals surface area contributed by atoms with E-state index in [9.17, 15) is 4.79 Å². The van der Waals surface area contributed by atoms with Crippen LogP contribution in [0.4, 0.5) is 0 Å². The van der Waals surface area contributed by atoms with Gasteiger partial charge in [0.2, 0.25) is 0 Å². The van der Waals surface area contributed by atoms with Gasteiger partial charge in [-0.05, 0) is 51.1 Å². The molecule has 1 aliphatic rings. The van der Waals surface area contributed by atoms with Crippen molar-refractivity contribution in [2.24, 2.45) is 0 Å². The summed E-state index contributed by atoms with van der Waals surface area (Å²) in [5.74, 6) is 1.47. The number of amides is 1. The largest absolute Gasteiger partial charge is 0.461 e. The van der Waals surface area contributed by atoms with E-state index in [-0.39, 0.29) is 12.0 Å². The highest BCUT2D eigenvalue weighted by molar-refractivity contribution is 5.97.